The average molecular weight is 290 g/mol. The number of aromatic amines is 1. The molecule has 22 heavy (non-hydrogen) atoms. The molecule has 2 aromatic carbocycles. The lowest BCUT2D eigenvalue weighted by molar-refractivity contribution is 0.814. The maximum Gasteiger partial charge on any atom is 0.340 e. The van der Waals surface area contributed by atoms with Crippen molar-refractivity contribution < 1.29 is 0 Å². The lowest BCUT2D eigenvalue weighted by atomic mass is 10.1. The molecule has 4 aromatic rings. The van der Waals surface area contributed by atoms with Crippen molar-refractivity contribution >= 4 is 16.4 Å². The highest BCUT2D eigenvalue weighted by Crippen LogP contribution is 2.27. The summed E-state index contributed by atoms with van der Waals surface area (Å²) in [6, 6.07) is 17.0. The second kappa shape index (κ2) is 4.63. The van der Waals surface area contributed by atoms with Crippen molar-refractivity contribution in [1.29, 1.82) is 0 Å². The predicted molar refractivity (Wildman–Crippen MR) is 82.8 cm³/mol. The molecular formula is C16H10N4O2. The normalized spacial score (nSPS) is 11.1. The van der Waals surface area contributed by atoms with Gasteiger partial charge in [-0.3, -0.25) is 9.59 Å². The fraction of sp³-hybridized carbons (Fsp3) is 0. The van der Waals surface area contributed by atoms with E-state index in [9.17, 15) is 9.59 Å². The third-order valence-electron chi connectivity index (χ3n) is 3.52. The number of hydrogen-bond donors (Lipinski definition) is 1. The van der Waals surface area contributed by atoms with Crippen molar-refractivity contribution in [3.05, 3.63) is 75.3 Å². The summed E-state index contributed by atoms with van der Waals surface area (Å²) in [7, 11) is 0. The van der Waals surface area contributed by atoms with E-state index in [-0.39, 0.29) is 0 Å². The van der Waals surface area contributed by atoms with Crippen LogP contribution in [-0.2, 0) is 0 Å². The minimum Gasteiger partial charge on any atom is -0.262 e. The van der Waals surface area contributed by atoms with E-state index in [4.69, 9.17) is 0 Å². The molecule has 2 heterocycles. The zero-order chi connectivity index (χ0) is 15.1. The van der Waals surface area contributed by atoms with Gasteiger partial charge in [0.25, 0.3) is 0 Å². The molecule has 6 heteroatoms. The van der Waals surface area contributed by atoms with Crippen LogP contribution < -0.4 is 11.1 Å². The zero-order valence-electron chi connectivity index (χ0n) is 11.4. The molecule has 0 bridgehead atoms. The van der Waals surface area contributed by atoms with Gasteiger partial charge in [0.1, 0.15) is 0 Å². The van der Waals surface area contributed by atoms with Gasteiger partial charge >= 0.3 is 11.1 Å². The van der Waals surface area contributed by atoms with Crippen molar-refractivity contribution in [1.82, 2.24) is 19.8 Å². The van der Waals surface area contributed by atoms with Crippen LogP contribution in [0, 0.1) is 0 Å². The highest BCUT2D eigenvalue weighted by Gasteiger charge is 2.13. The van der Waals surface area contributed by atoms with Gasteiger partial charge in [0.2, 0.25) is 0 Å². The van der Waals surface area contributed by atoms with Crippen LogP contribution in [0.25, 0.3) is 27.7 Å². The molecular weight excluding hydrogens is 280 g/mol. The van der Waals surface area contributed by atoms with Crippen LogP contribution in [0.2, 0.25) is 0 Å². The Kier molecular flexibility index (Phi) is 2.62. The maximum atomic E-state index is 12.1. The van der Waals surface area contributed by atoms with Gasteiger partial charge in [-0.1, -0.05) is 54.6 Å². The van der Waals surface area contributed by atoms with Gasteiger partial charge in [-0.2, -0.15) is 14.7 Å². The fourth-order valence-electron chi connectivity index (χ4n) is 2.51. The molecule has 0 aliphatic carbocycles. The molecule has 0 aliphatic heterocycles. The lowest BCUT2D eigenvalue weighted by Gasteiger charge is -2.08. The van der Waals surface area contributed by atoms with Gasteiger partial charge in [-0.05, 0) is 0 Å². The average Bonchev–Trinajstić information content (AvgIpc) is 2.58. The Balaban J connectivity index is 2.27. The monoisotopic (exact) mass is 290 g/mol. The van der Waals surface area contributed by atoms with Crippen LogP contribution in [0.4, 0.5) is 0 Å². The summed E-state index contributed by atoms with van der Waals surface area (Å²) in [5, 5.41) is 12.2. The van der Waals surface area contributed by atoms with E-state index in [2.05, 4.69) is 15.3 Å². The topological polar surface area (TPSA) is 80.1 Å². The third-order valence-corrected chi connectivity index (χ3v) is 3.52. The first-order valence-electron chi connectivity index (χ1n) is 6.71. The predicted octanol–water partition coefficient (Wildman–Crippen LogP) is 1.60. The molecule has 6 nitrogen and oxygen atoms in total. The Morgan fingerprint density at radius 2 is 1.55 bits per heavy atom. The number of H-pyrrole nitrogens is 1. The van der Waals surface area contributed by atoms with Gasteiger partial charge in [-0.25, -0.2) is 5.10 Å². The Morgan fingerprint density at radius 3 is 2.32 bits per heavy atom. The van der Waals surface area contributed by atoms with Crippen molar-refractivity contribution in [2.24, 2.45) is 0 Å². The van der Waals surface area contributed by atoms with E-state index in [1.807, 2.05) is 54.6 Å². The maximum absolute atomic E-state index is 12.1. The van der Waals surface area contributed by atoms with Crippen molar-refractivity contribution in [3.63, 3.8) is 0 Å². The molecule has 0 saturated heterocycles. The molecule has 0 amide bonds. The number of aromatic nitrogens is 4. The molecule has 0 unspecified atom stereocenters. The molecule has 4 rings (SSSR count). The van der Waals surface area contributed by atoms with Gasteiger partial charge < -0.3 is 0 Å². The Morgan fingerprint density at radius 1 is 0.864 bits per heavy atom. The molecule has 0 aliphatic rings. The standard InChI is InChI=1S/C16H10N4O2/c21-15-16(22)20-14(17-18-15)12-9-5-4-8-11(12)13(19-20)10-6-2-1-3-7-10/h1-9H,(H,18,21). The summed E-state index contributed by atoms with van der Waals surface area (Å²) >= 11 is 0. The number of nitrogens with zero attached hydrogens (tertiary/aromatic N) is 3. The van der Waals surface area contributed by atoms with Gasteiger partial charge in [0, 0.05) is 16.3 Å². The number of rotatable bonds is 1. The summed E-state index contributed by atoms with van der Waals surface area (Å²) in [6.45, 7) is 0. The molecule has 2 aromatic heterocycles. The molecule has 0 radical (unpaired) electrons. The van der Waals surface area contributed by atoms with Crippen LogP contribution in [0.5, 0.6) is 0 Å². The SMILES string of the molecule is O=c1[nH]nc2c3ccccc3c(-c3ccccc3)nn2c1=O. The molecule has 0 spiro atoms. The summed E-state index contributed by atoms with van der Waals surface area (Å²) < 4.78 is 1.06. The minimum absolute atomic E-state index is 0.333. The van der Waals surface area contributed by atoms with Crippen LogP contribution in [0.3, 0.4) is 0 Å². The third kappa shape index (κ3) is 1.74. The Labute approximate surface area is 123 Å². The molecule has 0 fully saturated rings. The van der Waals surface area contributed by atoms with Gasteiger partial charge in [-0.15, -0.1) is 0 Å². The lowest BCUT2D eigenvalue weighted by Crippen LogP contribution is -2.35. The number of benzene rings is 2. The summed E-state index contributed by atoms with van der Waals surface area (Å²) in [6.07, 6.45) is 0. The van der Waals surface area contributed by atoms with Crippen molar-refractivity contribution in [3.8, 4) is 11.3 Å². The van der Waals surface area contributed by atoms with Crippen LogP contribution >= 0.6 is 0 Å². The number of fused-ring (bicyclic) bond motifs is 3. The molecule has 0 saturated carbocycles. The first-order valence-corrected chi connectivity index (χ1v) is 6.71. The second-order valence-electron chi connectivity index (χ2n) is 4.85. The minimum atomic E-state index is -0.792. The summed E-state index contributed by atoms with van der Waals surface area (Å²) in [5.41, 5.74) is 0.304. The van der Waals surface area contributed by atoms with Gasteiger partial charge in [0.05, 0.1) is 5.69 Å². The summed E-state index contributed by atoms with van der Waals surface area (Å²) in [5.74, 6) is 0. The smallest absolute Gasteiger partial charge is 0.262 e. The van der Waals surface area contributed by atoms with E-state index >= 15 is 0 Å². The van der Waals surface area contributed by atoms with Crippen molar-refractivity contribution in [2.45, 2.75) is 0 Å². The highest BCUT2D eigenvalue weighted by atomic mass is 16.2. The zero-order valence-corrected chi connectivity index (χ0v) is 11.4. The van der Waals surface area contributed by atoms with E-state index < -0.39 is 11.1 Å². The van der Waals surface area contributed by atoms with Crippen LogP contribution in [0.1, 0.15) is 0 Å². The van der Waals surface area contributed by atoms with Crippen molar-refractivity contribution in [2.75, 3.05) is 0 Å². The molecule has 106 valence electrons. The highest BCUT2D eigenvalue weighted by molar-refractivity contribution is 6.01. The van der Waals surface area contributed by atoms with E-state index in [0.717, 1.165) is 20.9 Å². The molecule has 0 atom stereocenters. The summed E-state index contributed by atoms with van der Waals surface area (Å²) in [4.78, 5) is 23.6. The first-order chi connectivity index (χ1) is 10.8. The van der Waals surface area contributed by atoms with Crippen LogP contribution in [-0.4, -0.2) is 19.8 Å². The quantitative estimate of drug-likeness (QED) is 0.426. The largest absolute Gasteiger partial charge is 0.340 e. The van der Waals surface area contributed by atoms with Gasteiger partial charge in [0.15, 0.2) is 5.65 Å². The number of hydrogen-bond acceptors (Lipinski definition) is 4. The van der Waals surface area contributed by atoms with E-state index in [1.165, 1.54) is 0 Å². The van der Waals surface area contributed by atoms with E-state index in [0.29, 0.717) is 11.3 Å². The molecule has 1 N–H and O–H groups in total. The fourth-order valence-corrected chi connectivity index (χ4v) is 2.51. The van der Waals surface area contributed by atoms with E-state index in [1.54, 1.807) is 0 Å². The number of nitrogens with one attached hydrogen (secondary N) is 1. The Hall–Kier alpha value is -3.28. The Bertz CT molecular complexity index is 1110. The van der Waals surface area contributed by atoms with Crippen LogP contribution in [0.15, 0.2) is 64.2 Å². The first kappa shape index (κ1) is 12.5. The second-order valence-corrected chi connectivity index (χ2v) is 4.85.